The molecule has 0 unspecified atom stereocenters. The molecule has 0 bridgehead atoms. The van der Waals surface area contributed by atoms with E-state index in [2.05, 4.69) is 132 Å². The van der Waals surface area contributed by atoms with Crippen molar-refractivity contribution in [2.24, 2.45) is 23.7 Å². The second kappa shape index (κ2) is 54.4. The van der Waals surface area contributed by atoms with E-state index in [0.29, 0.717) is 0 Å². The molecule has 0 aliphatic heterocycles. The van der Waals surface area contributed by atoms with Crippen molar-refractivity contribution in [3.8, 4) is 0 Å². The Morgan fingerprint density at radius 1 is 0.453 bits per heavy atom. The summed E-state index contributed by atoms with van der Waals surface area (Å²) < 4.78 is 6.27. The van der Waals surface area contributed by atoms with Crippen molar-refractivity contribution in [2.75, 3.05) is 0 Å². The third kappa shape index (κ3) is 45.3. The lowest BCUT2D eigenvalue weighted by molar-refractivity contribution is 0.602. The Morgan fingerprint density at radius 2 is 0.859 bits per heavy atom. The van der Waals surface area contributed by atoms with E-state index in [1.807, 2.05) is 152 Å². The number of nitrogens with zero attached hydrogens (tertiary/aromatic N) is 3. The van der Waals surface area contributed by atoms with Crippen LogP contribution in [0.4, 0.5) is 0 Å². The van der Waals surface area contributed by atoms with Crippen molar-refractivity contribution in [1.29, 1.82) is 0 Å². The zero-order valence-corrected chi connectivity index (χ0v) is 42.4. The first kappa shape index (κ1) is 76.5. The lowest BCUT2D eigenvalue weighted by Crippen LogP contribution is -1.66. The number of aromatic nitrogens is 5. The first-order valence-electron chi connectivity index (χ1n) is 22.3. The molecule has 0 fully saturated rings. The molecule has 2 N–H and O–H groups in total. The van der Waals surface area contributed by atoms with E-state index in [1.165, 1.54) is 22.0 Å². The summed E-state index contributed by atoms with van der Waals surface area (Å²) in [4.78, 5) is 11.2. The maximum atomic E-state index is 5.01. The summed E-state index contributed by atoms with van der Waals surface area (Å²) in [5.41, 5.74) is 7.03. The van der Waals surface area contributed by atoms with Gasteiger partial charge in [0, 0.05) is 17.1 Å². The number of benzene rings is 4. The van der Waals surface area contributed by atoms with Gasteiger partial charge in [0.2, 0.25) is 0 Å². The van der Waals surface area contributed by atoms with Crippen LogP contribution in [0.3, 0.4) is 0 Å². The molecule has 7 heteroatoms. The Bertz CT molecular complexity index is 1560. The van der Waals surface area contributed by atoms with Crippen LogP contribution in [0.1, 0.15) is 168 Å². The maximum absolute atomic E-state index is 5.01. The fourth-order valence-electron chi connectivity index (χ4n) is 3.48. The molecule has 8 rings (SSSR count). The van der Waals surface area contributed by atoms with Gasteiger partial charge in [0.1, 0.15) is 5.52 Å². The molecule has 8 aromatic rings. The highest BCUT2D eigenvalue weighted by Crippen LogP contribution is 2.15. The molecule has 4 aromatic heterocycles. The number of fused-ring (bicyclic) bond motifs is 4. The van der Waals surface area contributed by atoms with Crippen molar-refractivity contribution < 1.29 is 4.42 Å². The Morgan fingerprint density at radius 3 is 1.31 bits per heavy atom. The van der Waals surface area contributed by atoms with Gasteiger partial charge in [-0.2, -0.15) is 5.10 Å². The Kier molecular flexibility index (Phi) is 65.0. The number of para-hydroxylation sites is 5. The van der Waals surface area contributed by atoms with Gasteiger partial charge in [0.05, 0.1) is 27.4 Å². The molecule has 0 aliphatic carbocycles. The van der Waals surface area contributed by atoms with Gasteiger partial charge in [-0.1, -0.05) is 229 Å². The van der Waals surface area contributed by atoms with Gasteiger partial charge < -0.3 is 9.40 Å². The molecule has 0 radical (unpaired) electrons. The minimum atomic E-state index is 0. The summed E-state index contributed by atoms with van der Waals surface area (Å²) in [5, 5.41) is 9.19. The summed E-state index contributed by atoms with van der Waals surface area (Å²) in [6.45, 7) is 42.0. The van der Waals surface area contributed by atoms with Crippen molar-refractivity contribution in [1.82, 2.24) is 25.1 Å². The number of hydrogen-bond acceptors (Lipinski definition) is 5. The number of aromatic amines is 2. The number of H-pyrrole nitrogens is 2. The number of nitrogens with one attached hydrogen (secondary N) is 2. The second-order valence-corrected chi connectivity index (χ2v) is 15.5. The van der Waals surface area contributed by atoms with Gasteiger partial charge in [-0.05, 0) is 71.5 Å². The van der Waals surface area contributed by atoms with Gasteiger partial charge in [0.25, 0.3) is 0 Å². The molecule has 4 aromatic carbocycles. The third-order valence-electron chi connectivity index (χ3n) is 5.29. The molecule has 6 nitrogen and oxygen atoms in total. The molecular weight excluding hydrogens is 803 g/mol. The predicted molar refractivity (Wildman–Crippen MR) is 302 cm³/mol. The zero-order valence-electron chi connectivity index (χ0n) is 41.6. The normalized spacial score (nSPS) is 8.38. The molecule has 0 spiro atoms. The molecule has 368 valence electrons. The molecule has 0 saturated carbocycles. The fourth-order valence-corrected chi connectivity index (χ4v) is 4.16. The Hall–Kier alpha value is -4.75. The quantitative estimate of drug-likeness (QED) is 0.159. The average Bonchev–Trinajstić information content (AvgIpc) is 4.08. The minimum absolute atomic E-state index is 0. The van der Waals surface area contributed by atoms with E-state index in [0.717, 1.165) is 51.2 Å². The van der Waals surface area contributed by atoms with E-state index in [4.69, 9.17) is 4.42 Å². The Labute approximate surface area is 401 Å². The summed E-state index contributed by atoms with van der Waals surface area (Å²) in [6, 6.07) is 34.1. The van der Waals surface area contributed by atoms with Crippen LogP contribution >= 0.6 is 11.3 Å². The van der Waals surface area contributed by atoms with E-state index in [-0.39, 0.29) is 29.7 Å². The first-order chi connectivity index (χ1) is 28.8. The van der Waals surface area contributed by atoms with Crippen molar-refractivity contribution in [3.63, 3.8) is 0 Å². The lowest BCUT2D eigenvalue weighted by atomic mass is 10.3. The fraction of sp³-hybridized carbons (Fsp3) is 0.491. The van der Waals surface area contributed by atoms with Crippen LogP contribution in [0.15, 0.2) is 132 Å². The van der Waals surface area contributed by atoms with E-state index in [1.54, 1.807) is 11.3 Å². The molecule has 0 atom stereocenters. The third-order valence-corrected chi connectivity index (χ3v) is 6.10. The number of hydrogen-bond donors (Lipinski definition) is 2. The zero-order chi connectivity index (χ0) is 46.7. The van der Waals surface area contributed by atoms with Gasteiger partial charge >= 0.3 is 0 Å². The summed E-state index contributed by atoms with van der Waals surface area (Å²) in [7, 11) is 0. The molecule has 4 heterocycles. The topological polar surface area (TPSA) is 83.4 Å². The number of rotatable bonds is 0. The van der Waals surface area contributed by atoms with Gasteiger partial charge in [-0.15, -0.1) is 11.3 Å². The largest absolute Gasteiger partial charge is 0.443 e. The van der Waals surface area contributed by atoms with E-state index in [9.17, 15) is 0 Å². The minimum Gasteiger partial charge on any atom is -0.443 e. The van der Waals surface area contributed by atoms with Crippen molar-refractivity contribution in [3.05, 3.63) is 127 Å². The highest BCUT2D eigenvalue weighted by molar-refractivity contribution is 7.16. The SMILES string of the molecule is C.C.C.C.CC.CC.CC.CC.CC(C)C.CC(C)C.CC(C)C.CC(C)C.c1ccc2[nH]ccc2c1.c1ccc2[nH]ncc2c1.c1ccc2ocnc2c1.c1ccc2scnc2c1. The smallest absolute Gasteiger partial charge is 0.181 e. The van der Waals surface area contributed by atoms with Crippen LogP contribution in [-0.4, -0.2) is 25.1 Å². The summed E-state index contributed by atoms with van der Waals surface area (Å²) in [5.74, 6) is 3.33. The first-order valence-corrected chi connectivity index (χ1v) is 23.1. The highest BCUT2D eigenvalue weighted by atomic mass is 32.1. The molecular formula is C57H103N5OS. The highest BCUT2D eigenvalue weighted by Gasteiger charge is 1.92. The number of oxazole rings is 1. The van der Waals surface area contributed by atoms with Crippen LogP contribution in [0, 0.1) is 23.7 Å². The van der Waals surface area contributed by atoms with Gasteiger partial charge in [-0.3, -0.25) is 5.10 Å². The number of thiazole rings is 1. The van der Waals surface area contributed by atoms with Crippen molar-refractivity contribution >= 4 is 54.5 Å². The summed E-state index contributed by atoms with van der Waals surface area (Å²) in [6.07, 6.45) is 5.21. The molecule has 64 heavy (non-hydrogen) atoms. The van der Waals surface area contributed by atoms with Crippen molar-refractivity contribution in [2.45, 2.75) is 168 Å². The lowest BCUT2D eigenvalue weighted by Gasteiger charge is -1.83. The standard InChI is InChI=1S/C8H7N.C7H6N2.C7H5NO.C7H5NS.4C4H10.4C2H6.4CH4/c1-2-4-8-7(3-1)5-6-9-8;1-2-4-7-6(3-1)5-8-9-7;2*1-2-4-7-6(3-1)8-5-9-7;4*1-4(2)3;4*1-2;;;;/h1-6,9H;1-5H,(H,8,9);2*1-5H;4*4H,1-3H3;4*1-2H3;4*1H4. The Balaban J connectivity index is -0.0000000926. The average molecular weight is 907 g/mol. The van der Waals surface area contributed by atoms with E-state index < -0.39 is 0 Å². The second-order valence-electron chi connectivity index (χ2n) is 14.6. The monoisotopic (exact) mass is 906 g/mol. The van der Waals surface area contributed by atoms with Gasteiger partial charge in [-0.25, -0.2) is 9.97 Å². The molecule has 0 saturated heterocycles. The molecule has 0 aliphatic rings. The van der Waals surface area contributed by atoms with Crippen LogP contribution < -0.4 is 0 Å². The van der Waals surface area contributed by atoms with Crippen LogP contribution in [-0.2, 0) is 0 Å². The molecule has 0 amide bonds. The van der Waals surface area contributed by atoms with Crippen LogP contribution in [0.25, 0.3) is 43.1 Å². The van der Waals surface area contributed by atoms with Gasteiger partial charge in [0.15, 0.2) is 12.0 Å². The van der Waals surface area contributed by atoms with Crippen LogP contribution in [0.5, 0.6) is 0 Å². The maximum Gasteiger partial charge on any atom is 0.181 e. The predicted octanol–water partition coefficient (Wildman–Crippen LogP) is 21.2. The summed E-state index contributed by atoms with van der Waals surface area (Å²) >= 11 is 1.68. The van der Waals surface area contributed by atoms with E-state index >= 15 is 0 Å². The van der Waals surface area contributed by atoms with Crippen LogP contribution in [0.2, 0.25) is 0 Å².